The van der Waals surface area contributed by atoms with Crippen LogP contribution >= 0.6 is 11.3 Å². The summed E-state index contributed by atoms with van der Waals surface area (Å²) in [5, 5.41) is 0. The highest BCUT2D eigenvalue weighted by Crippen LogP contribution is 2.36. The number of carbonyl (C=O) groups excluding carboxylic acids is 1. The van der Waals surface area contributed by atoms with Crippen molar-refractivity contribution in [1.29, 1.82) is 0 Å². The van der Waals surface area contributed by atoms with Crippen molar-refractivity contribution in [2.75, 3.05) is 6.61 Å². The van der Waals surface area contributed by atoms with Gasteiger partial charge in [-0.15, -0.1) is 11.3 Å². The van der Waals surface area contributed by atoms with Crippen LogP contribution in [0.4, 0.5) is 0 Å². The topological polar surface area (TPSA) is 26.3 Å². The molecule has 1 heterocycles. The number of thiophene rings is 1. The monoisotopic (exact) mass is 224 g/mol. The second kappa shape index (κ2) is 4.45. The van der Waals surface area contributed by atoms with Crippen molar-refractivity contribution in [3.05, 3.63) is 21.9 Å². The average Bonchev–Trinajstić information content (AvgIpc) is 2.96. The Morgan fingerprint density at radius 1 is 1.60 bits per heavy atom. The molecule has 15 heavy (non-hydrogen) atoms. The summed E-state index contributed by atoms with van der Waals surface area (Å²) >= 11 is 1.57. The fourth-order valence-electron chi connectivity index (χ4n) is 1.71. The van der Waals surface area contributed by atoms with Gasteiger partial charge in [-0.05, 0) is 44.7 Å². The summed E-state index contributed by atoms with van der Waals surface area (Å²) in [5.74, 6) is 0.650. The van der Waals surface area contributed by atoms with Gasteiger partial charge in [-0.1, -0.05) is 0 Å². The van der Waals surface area contributed by atoms with Crippen LogP contribution in [0.15, 0.2) is 12.1 Å². The zero-order valence-electron chi connectivity index (χ0n) is 9.16. The number of rotatable bonds is 5. The van der Waals surface area contributed by atoms with Gasteiger partial charge >= 0.3 is 0 Å². The van der Waals surface area contributed by atoms with Crippen LogP contribution in [-0.2, 0) is 4.74 Å². The number of aryl methyl sites for hydroxylation is 1. The van der Waals surface area contributed by atoms with Crippen molar-refractivity contribution in [2.45, 2.75) is 32.8 Å². The van der Waals surface area contributed by atoms with Crippen molar-refractivity contribution < 1.29 is 9.53 Å². The standard InChI is InChI=1S/C12H16O2S/c1-3-14-12(9-5-6-9)11(13)10-7-4-8(2)15-10/h4,7,9,12H,3,5-6H2,1-2H3. The van der Waals surface area contributed by atoms with Gasteiger partial charge in [-0.3, -0.25) is 4.79 Å². The van der Waals surface area contributed by atoms with Crippen LogP contribution in [0.3, 0.4) is 0 Å². The van der Waals surface area contributed by atoms with Crippen molar-refractivity contribution in [2.24, 2.45) is 5.92 Å². The maximum absolute atomic E-state index is 12.1. The Morgan fingerprint density at radius 3 is 2.80 bits per heavy atom. The minimum atomic E-state index is -0.187. The molecule has 1 aliphatic carbocycles. The van der Waals surface area contributed by atoms with E-state index in [1.54, 1.807) is 11.3 Å². The smallest absolute Gasteiger partial charge is 0.201 e. The van der Waals surface area contributed by atoms with E-state index in [1.165, 1.54) is 4.88 Å². The van der Waals surface area contributed by atoms with Crippen molar-refractivity contribution in [3.8, 4) is 0 Å². The van der Waals surface area contributed by atoms with Crippen LogP contribution in [0.5, 0.6) is 0 Å². The van der Waals surface area contributed by atoms with Crippen molar-refractivity contribution in [1.82, 2.24) is 0 Å². The van der Waals surface area contributed by atoms with E-state index in [0.29, 0.717) is 12.5 Å². The predicted octanol–water partition coefficient (Wildman–Crippen LogP) is 3.05. The number of ether oxygens (including phenoxy) is 1. The van der Waals surface area contributed by atoms with Crippen molar-refractivity contribution in [3.63, 3.8) is 0 Å². The van der Waals surface area contributed by atoms with Crippen LogP contribution in [-0.4, -0.2) is 18.5 Å². The summed E-state index contributed by atoms with van der Waals surface area (Å²) in [7, 11) is 0. The first kappa shape index (κ1) is 10.8. The Hall–Kier alpha value is -0.670. The average molecular weight is 224 g/mol. The molecule has 0 bridgehead atoms. The summed E-state index contributed by atoms with van der Waals surface area (Å²) in [4.78, 5) is 14.1. The van der Waals surface area contributed by atoms with Gasteiger partial charge in [0, 0.05) is 11.5 Å². The zero-order chi connectivity index (χ0) is 10.8. The minimum absolute atomic E-state index is 0.178. The van der Waals surface area contributed by atoms with E-state index in [1.807, 2.05) is 26.0 Å². The lowest BCUT2D eigenvalue weighted by atomic mass is 10.1. The quantitative estimate of drug-likeness (QED) is 0.718. The molecule has 1 atom stereocenters. The Morgan fingerprint density at radius 2 is 2.33 bits per heavy atom. The lowest BCUT2D eigenvalue weighted by molar-refractivity contribution is 0.0378. The third-order valence-electron chi connectivity index (χ3n) is 2.64. The number of ketones is 1. The highest BCUT2D eigenvalue weighted by atomic mass is 32.1. The van der Waals surface area contributed by atoms with Crippen LogP contribution in [0, 0.1) is 12.8 Å². The van der Waals surface area contributed by atoms with Gasteiger partial charge in [0.05, 0.1) is 4.88 Å². The molecule has 82 valence electrons. The van der Waals surface area contributed by atoms with Gasteiger partial charge in [0.15, 0.2) is 0 Å². The Kier molecular flexibility index (Phi) is 3.22. The predicted molar refractivity (Wildman–Crippen MR) is 61.5 cm³/mol. The lowest BCUT2D eigenvalue weighted by Crippen LogP contribution is -2.26. The summed E-state index contributed by atoms with van der Waals surface area (Å²) < 4.78 is 5.55. The summed E-state index contributed by atoms with van der Waals surface area (Å²) in [6.45, 7) is 4.59. The second-order valence-electron chi connectivity index (χ2n) is 3.99. The number of Topliss-reactive ketones (excluding diaryl/α,β-unsaturated/α-hetero) is 1. The van der Waals surface area contributed by atoms with Gasteiger partial charge in [0.25, 0.3) is 0 Å². The fourth-order valence-corrected chi connectivity index (χ4v) is 2.55. The molecular formula is C12H16O2S. The largest absolute Gasteiger partial charge is 0.370 e. The Labute approximate surface area is 94.3 Å². The first-order valence-electron chi connectivity index (χ1n) is 5.44. The van der Waals surface area contributed by atoms with Gasteiger partial charge in [0.2, 0.25) is 5.78 Å². The van der Waals surface area contributed by atoms with E-state index in [-0.39, 0.29) is 11.9 Å². The van der Waals surface area contributed by atoms with Crippen LogP contribution in [0.25, 0.3) is 0 Å². The minimum Gasteiger partial charge on any atom is -0.370 e. The number of hydrogen-bond donors (Lipinski definition) is 0. The molecule has 1 saturated carbocycles. The molecule has 0 spiro atoms. The van der Waals surface area contributed by atoms with Gasteiger partial charge in [0.1, 0.15) is 6.10 Å². The Bertz CT molecular complexity index is 352. The molecule has 1 aromatic heterocycles. The molecule has 0 aromatic carbocycles. The number of carbonyl (C=O) groups is 1. The molecule has 1 aliphatic rings. The third kappa shape index (κ3) is 2.47. The molecule has 1 unspecified atom stereocenters. The molecular weight excluding hydrogens is 208 g/mol. The van der Waals surface area contributed by atoms with Crippen LogP contribution < -0.4 is 0 Å². The lowest BCUT2D eigenvalue weighted by Gasteiger charge is -2.13. The van der Waals surface area contributed by atoms with Crippen LogP contribution in [0.1, 0.15) is 34.3 Å². The number of hydrogen-bond acceptors (Lipinski definition) is 3. The molecule has 0 saturated heterocycles. The molecule has 0 amide bonds. The summed E-state index contributed by atoms with van der Waals surface area (Å²) in [5.41, 5.74) is 0. The first-order valence-corrected chi connectivity index (χ1v) is 6.26. The molecule has 3 heteroatoms. The molecule has 2 rings (SSSR count). The van der Waals surface area contributed by atoms with Gasteiger partial charge < -0.3 is 4.74 Å². The fraction of sp³-hybridized carbons (Fsp3) is 0.583. The summed E-state index contributed by atoms with van der Waals surface area (Å²) in [6, 6.07) is 3.91. The van der Waals surface area contributed by atoms with Crippen LogP contribution in [0.2, 0.25) is 0 Å². The maximum Gasteiger partial charge on any atom is 0.201 e. The molecule has 1 aromatic rings. The molecule has 2 nitrogen and oxygen atoms in total. The highest BCUT2D eigenvalue weighted by Gasteiger charge is 2.37. The molecule has 0 aliphatic heterocycles. The Balaban J connectivity index is 2.10. The highest BCUT2D eigenvalue weighted by molar-refractivity contribution is 7.14. The van der Waals surface area contributed by atoms with E-state index in [0.717, 1.165) is 17.7 Å². The maximum atomic E-state index is 12.1. The van der Waals surface area contributed by atoms with Crippen molar-refractivity contribution >= 4 is 17.1 Å². The van der Waals surface area contributed by atoms with Gasteiger partial charge in [-0.25, -0.2) is 0 Å². The zero-order valence-corrected chi connectivity index (χ0v) is 9.97. The van der Waals surface area contributed by atoms with Gasteiger partial charge in [-0.2, -0.15) is 0 Å². The second-order valence-corrected chi connectivity index (χ2v) is 5.28. The van der Waals surface area contributed by atoms with E-state index >= 15 is 0 Å². The van der Waals surface area contributed by atoms with E-state index in [9.17, 15) is 4.79 Å². The van der Waals surface area contributed by atoms with E-state index in [4.69, 9.17) is 4.74 Å². The van der Waals surface area contributed by atoms with E-state index < -0.39 is 0 Å². The first-order chi connectivity index (χ1) is 7.22. The molecule has 0 N–H and O–H groups in total. The summed E-state index contributed by atoms with van der Waals surface area (Å²) in [6.07, 6.45) is 2.09. The normalized spacial score (nSPS) is 17.7. The molecule has 0 radical (unpaired) electrons. The van der Waals surface area contributed by atoms with E-state index in [2.05, 4.69) is 0 Å². The SMILES string of the molecule is CCOC(C(=O)c1ccc(C)s1)C1CC1. The third-order valence-corrected chi connectivity index (χ3v) is 3.65. The molecule has 1 fully saturated rings.